The topological polar surface area (TPSA) is 75.7 Å². The summed E-state index contributed by atoms with van der Waals surface area (Å²) in [7, 11) is -3.59. The number of ether oxygens (including phenoxy) is 1. The first-order valence-electron chi connectivity index (χ1n) is 9.61. The molecule has 3 rings (SSSR count). The number of aryl methyl sites for hydroxylation is 1. The third-order valence-corrected chi connectivity index (χ3v) is 7.36. The summed E-state index contributed by atoms with van der Waals surface area (Å²) >= 11 is 3.39. The van der Waals surface area contributed by atoms with Crippen LogP contribution in [0.15, 0.2) is 51.8 Å². The van der Waals surface area contributed by atoms with Gasteiger partial charge in [-0.1, -0.05) is 15.9 Å². The molecule has 1 amide bonds. The summed E-state index contributed by atoms with van der Waals surface area (Å²) in [4.78, 5) is 14.7. The number of benzene rings is 2. The highest BCUT2D eigenvalue weighted by Crippen LogP contribution is 2.22. The molecule has 1 aliphatic heterocycles. The quantitative estimate of drug-likeness (QED) is 0.682. The number of amides is 1. The smallest absolute Gasteiger partial charge is 0.253 e. The van der Waals surface area contributed by atoms with E-state index in [-0.39, 0.29) is 16.8 Å². The van der Waals surface area contributed by atoms with Gasteiger partial charge in [0.25, 0.3) is 5.91 Å². The lowest BCUT2D eigenvalue weighted by atomic mass is 10.0. The van der Waals surface area contributed by atoms with Crippen LogP contribution in [0.4, 0.5) is 0 Å². The molecular formula is C21H25BrN2O4S. The second-order valence-corrected chi connectivity index (χ2v) is 9.62. The Kier molecular flexibility index (Phi) is 6.97. The van der Waals surface area contributed by atoms with Gasteiger partial charge in [-0.05, 0) is 74.7 Å². The average Bonchev–Trinajstić information content (AvgIpc) is 2.70. The van der Waals surface area contributed by atoms with Gasteiger partial charge < -0.3 is 9.64 Å². The van der Waals surface area contributed by atoms with Crippen LogP contribution in [0.1, 0.15) is 35.7 Å². The molecular weight excluding hydrogens is 456 g/mol. The molecule has 0 atom stereocenters. The normalized spacial score (nSPS) is 15.3. The first-order valence-corrected chi connectivity index (χ1v) is 11.9. The van der Waals surface area contributed by atoms with Crippen molar-refractivity contribution in [3.8, 4) is 5.75 Å². The lowest BCUT2D eigenvalue weighted by Gasteiger charge is -2.32. The van der Waals surface area contributed by atoms with Crippen LogP contribution in [0, 0.1) is 6.92 Å². The summed E-state index contributed by atoms with van der Waals surface area (Å²) in [5, 5.41) is 0. The van der Waals surface area contributed by atoms with Gasteiger partial charge in [0.1, 0.15) is 5.75 Å². The van der Waals surface area contributed by atoms with E-state index in [0.29, 0.717) is 38.1 Å². The summed E-state index contributed by atoms with van der Waals surface area (Å²) in [5.41, 5.74) is 1.47. The molecule has 1 aliphatic rings. The maximum atomic E-state index is 12.7. The summed E-state index contributed by atoms with van der Waals surface area (Å²) in [6.07, 6.45) is 1.16. The lowest BCUT2D eigenvalue weighted by Crippen LogP contribution is -2.46. The van der Waals surface area contributed by atoms with Gasteiger partial charge in [0, 0.05) is 29.2 Å². The van der Waals surface area contributed by atoms with Crippen LogP contribution in [-0.4, -0.2) is 45.0 Å². The summed E-state index contributed by atoms with van der Waals surface area (Å²) in [6, 6.07) is 11.9. The van der Waals surface area contributed by atoms with Gasteiger partial charge in [-0.3, -0.25) is 4.79 Å². The van der Waals surface area contributed by atoms with Crippen LogP contribution >= 0.6 is 15.9 Å². The Morgan fingerprint density at radius 2 is 1.83 bits per heavy atom. The summed E-state index contributed by atoms with van der Waals surface area (Å²) in [6.45, 7) is 5.37. The van der Waals surface area contributed by atoms with Crippen molar-refractivity contribution in [3.05, 3.63) is 58.1 Å². The van der Waals surface area contributed by atoms with Crippen molar-refractivity contribution >= 4 is 31.9 Å². The van der Waals surface area contributed by atoms with Gasteiger partial charge in [0.15, 0.2) is 0 Å². The molecule has 0 aliphatic carbocycles. The number of rotatable bonds is 6. The number of likely N-dealkylation sites (tertiary alicyclic amines) is 1. The van der Waals surface area contributed by atoms with Crippen molar-refractivity contribution in [2.24, 2.45) is 0 Å². The minimum absolute atomic E-state index is 0.0436. The highest BCUT2D eigenvalue weighted by atomic mass is 79.9. The van der Waals surface area contributed by atoms with Crippen LogP contribution in [0.3, 0.4) is 0 Å². The van der Waals surface area contributed by atoms with Gasteiger partial charge in [0.05, 0.1) is 11.5 Å². The standard InChI is InChI=1S/C21H25BrN2O4S/c1-3-28-18-6-4-16(5-7-18)21(25)24-12-10-17(11-13-24)23-29(26,27)19-8-9-20(22)15(2)14-19/h4-9,14,17,23H,3,10-13H2,1-2H3. The van der Waals surface area contributed by atoms with Crippen LogP contribution in [-0.2, 0) is 10.0 Å². The zero-order chi connectivity index (χ0) is 21.0. The molecule has 1 saturated heterocycles. The van der Waals surface area contributed by atoms with E-state index in [4.69, 9.17) is 4.74 Å². The zero-order valence-electron chi connectivity index (χ0n) is 16.5. The number of hydrogen-bond acceptors (Lipinski definition) is 4. The van der Waals surface area contributed by atoms with Crippen LogP contribution in [0.5, 0.6) is 5.75 Å². The molecule has 156 valence electrons. The maximum absolute atomic E-state index is 12.7. The SMILES string of the molecule is CCOc1ccc(C(=O)N2CCC(NS(=O)(=O)c3ccc(Br)c(C)c3)CC2)cc1. The first kappa shape index (κ1) is 21.8. The third-order valence-electron chi connectivity index (χ3n) is 4.96. The Bertz CT molecular complexity index is 969. The summed E-state index contributed by atoms with van der Waals surface area (Å²) < 4.78 is 34.4. The fraction of sp³-hybridized carbons (Fsp3) is 0.381. The predicted molar refractivity (Wildman–Crippen MR) is 116 cm³/mol. The number of piperidine rings is 1. The van der Waals surface area contributed by atoms with Gasteiger partial charge in [-0.2, -0.15) is 0 Å². The predicted octanol–water partition coefficient (Wildman–Crippen LogP) is 3.74. The van der Waals surface area contributed by atoms with E-state index in [2.05, 4.69) is 20.7 Å². The van der Waals surface area contributed by atoms with Crippen LogP contribution < -0.4 is 9.46 Å². The van der Waals surface area contributed by atoms with Crippen molar-refractivity contribution in [1.82, 2.24) is 9.62 Å². The van der Waals surface area contributed by atoms with E-state index < -0.39 is 10.0 Å². The van der Waals surface area contributed by atoms with Gasteiger partial charge in [-0.15, -0.1) is 0 Å². The van der Waals surface area contributed by atoms with Crippen molar-refractivity contribution in [2.45, 2.75) is 37.6 Å². The van der Waals surface area contributed by atoms with E-state index in [1.165, 1.54) is 0 Å². The largest absolute Gasteiger partial charge is 0.494 e. The third kappa shape index (κ3) is 5.38. The van der Waals surface area contributed by atoms with E-state index >= 15 is 0 Å². The van der Waals surface area contributed by atoms with Crippen LogP contribution in [0.25, 0.3) is 0 Å². The van der Waals surface area contributed by atoms with E-state index in [1.54, 1.807) is 47.4 Å². The fourth-order valence-corrected chi connectivity index (χ4v) is 4.95. The minimum Gasteiger partial charge on any atom is -0.494 e. The average molecular weight is 481 g/mol. The molecule has 2 aromatic carbocycles. The molecule has 29 heavy (non-hydrogen) atoms. The van der Waals surface area contributed by atoms with E-state index in [9.17, 15) is 13.2 Å². The van der Waals surface area contributed by atoms with Crippen molar-refractivity contribution in [2.75, 3.05) is 19.7 Å². The highest BCUT2D eigenvalue weighted by Gasteiger charge is 2.27. The Morgan fingerprint density at radius 3 is 2.41 bits per heavy atom. The number of sulfonamides is 1. The zero-order valence-corrected chi connectivity index (χ0v) is 18.9. The summed E-state index contributed by atoms with van der Waals surface area (Å²) in [5.74, 6) is 0.693. The molecule has 0 radical (unpaired) electrons. The first-order chi connectivity index (χ1) is 13.8. The number of carbonyl (C=O) groups excluding carboxylic acids is 1. The Morgan fingerprint density at radius 1 is 1.17 bits per heavy atom. The second-order valence-electron chi connectivity index (χ2n) is 7.06. The lowest BCUT2D eigenvalue weighted by molar-refractivity contribution is 0.0711. The number of carbonyl (C=O) groups is 1. The molecule has 0 spiro atoms. The number of nitrogens with zero attached hydrogens (tertiary/aromatic N) is 1. The van der Waals surface area contributed by atoms with Gasteiger partial charge in [0.2, 0.25) is 10.0 Å². The van der Waals surface area contributed by atoms with Crippen molar-refractivity contribution < 1.29 is 17.9 Å². The molecule has 0 saturated carbocycles. The van der Waals surface area contributed by atoms with E-state index in [1.807, 2.05) is 13.8 Å². The second kappa shape index (κ2) is 9.28. The maximum Gasteiger partial charge on any atom is 0.253 e. The van der Waals surface area contributed by atoms with Gasteiger partial charge in [-0.25, -0.2) is 13.1 Å². The molecule has 1 N–H and O–H groups in total. The number of hydrogen-bond donors (Lipinski definition) is 1. The van der Waals surface area contributed by atoms with Crippen LogP contribution in [0.2, 0.25) is 0 Å². The molecule has 0 aromatic heterocycles. The van der Waals surface area contributed by atoms with Gasteiger partial charge >= 0.3 is 0 Å². The number of halogens is 1. The Balaban J connectivity index is 1.58. The van der Waals surface area contributed by atoms with Crippen molar-refractivity contribution in [3.63, 3.8) is 0 Å². The molecule has 8 heteroatoms. The molecule has 0 bridgehead atoms. The number of nitrogens with one attached hydrogen (secondary N) is 1. The molecule has 2 aromatic rings. The Labute approximate surface area is 180 Å². The molecule has 1 fully saturated rings. The highest BCUT2D eigenvalue weighted by molar-refractivity contribution is 9.10. The Hall–Kier alpha value is -1.90. The fourth-order valence-electron chi connectivity index (χ4n) is 3.32. The van der Waals surface area contributed by atoms with Crippen molar-refractivity contribution in [1.29, 1.82) is 0 Å². The molecule has 1 heterocycles. The minimum atomic E-state index is -3.59. The van der Waals surface area contributed by atoms with E-state index in [0.717, 1.165) is 15.8 Å². The monoisotopic (exact) mass is 480 g/mol. The molecule has 6 nitrogen and oxygen atoms in total. The molecule has 0 unspecified atom stereocenters.